The van der Waals surface area contributed by atoms with E-state index in [4.69, 9.17) is 4.74 Å². The Morgan fingerprint density at radius 2 is 1.97 bits per heavy atom. The van der Waals surface area contributed by atoms with Gasteiger partial charge in [0.15, 0.2) is 0 Å². The summed E-state index contributed by atoms with van der Waals surface area (Å²) in [6.45, 7) is 3.62. The molecule has 1 aliphatic carbocycles. The molecule has 0 bridgehead atoms. The maximum absolute atomic E-state index is 13.4. The molecule has 0 N–H and O–H groups in total. The highest BCUT2D eigenvalue weighted by molar-refractivity contribution is 7.92. The van der Waals surface area contributed by atoms with E-state index < -0.39 is 10.0 Å². The van der Waals surface area contributed by atoms with Crippen LogP contribution < -0.4 is 9.04 Å². The standard InChI is InChI=1S/C22H26N2O4S/c1-3-23(15-16-8-9-16)22(25)19-14-18(10-11-21(19)28-2)29(26,27)24-13-12-17-6-4-5-7-20(17)24/h4-7,10-11,14,16H,3,8-9,12-13,15H2,1-2H3. The Labute approximate surface area is 172 Å². The molecule has 0 atom stereocenters. The number of anilines is 1. The van der Waals surface area contributed by atoms with Crippen molar-refractivity contribution in [2.75, 3.05) is 31.0 Å². The number of sulfonamides is 1. The number of para-hydroxylation sites is 1. The first-order chi connectivity index (χ1) is 14.0. The van der Waals surface area contributed by atoms with Crippen LogP contribution in [0.5, 0.6) is 5.75 Å². The van der Waals surface area contributed by atoms with Crippen LogP contribution in [0.2, 0.25) is 0 Å². The number of hydrogen-bond donors (Lipinski definition) is 0. The van der Waals surface area contributed by atoms with Crippen molar-refractivity contribution in [3.8, 4) is 5.75 Å². The van der Waals surface area contributed by atoms with Crippen molar-refractivity contribution in [3.05, 3.63) is 53.6 Å². The van der Waals surface area contributed by atoms with Gasteiger partial charge in [-0.15, -0.1) is 0 Å². The molecular weight excluding hydrogens is 388 g/mol. The zero-order valence-electron chi connectivity index (χ0n) is 16.8. The Hall–Kier alpha value is -2.54. The number of amides is 1. The molecule has 0 radical (unpaired) electrons. The number of benzene rings is 2. The third kappa shape index (κ3) is 3.71. The maximum atomic E-state index is 13.4. The van der Waals surface area contributed by atoms with Crippen LogP contribution in [0.15, 0.2) is 47.4 Å². The van der Waals surface area contributed by atoms with Crippen LogP contribution >= 0.6 is 0 Å². The molecule has 0 saturated heterocycles. The molecule has 6 nitrogen and oxygen atoms in total. The molecule has 2 aromatic rings. The van der Waals surface area contributed by atoms with Crippen molar-refractivity contribution in [1.29, 1.82) is 0 Å². The number of rotatable bonds is 7. The van der Waals surface area contributed by atoms with Crippen molar-refractivity contribution in [1.82, 2.24) is 4.90 Å². The van der Waals surface area contributed by atoms with Crippen molar-refractivity contribution in [2.45, 2.75) is 31.1 Å². The van der Waals surface area contributed by atoms with Gasteiger partial charge in [0.25, 0.3) is 15.9 Å². The van der Waals surface area contributed by atoms with Gasteiger partial charge in [0, 0.05) is 19.6 Å². The van der Waals surface area contributed by atoms with Gasteiger partial charge in [-0.1, -0.05) is 18.2 Å². The SMILES string of the molecule is CCN(CC1CC1)C(=O)c1cc(S(=O)(=O)N2CCc3ccccc32)ccc1OC. The molecule has 4 rings (SSSR count). The molecule has 1 fully saturated rings. The van der Waals surface area contributed by atoms with Crippen LogP contribution in [0.4, 0.5) is 5.69 Å². The van der Waals surface area contributed by atoms with Gasteiger partial charge in [0.1, 0.15) is 5.75 Å². The summed E-state index contributed by atoms with van der Waals surface area (Å²) in [6, 6.07) is 12.1. The number of carbonyl (C=O) groups excluding carboxylic acids is 1. The molecule has 2 aliphatic rings. The van der Waals surface area contributed by atoms with E-state index in [1.807, 2.05) is 31.2 Å². The summed E-state index contributed by atoms with van der Waals surface area (Å²) < 4.78 is 33.5. The van der Waals surface area contributed by atoms with E-state index in [2.05, 4.69) is 0 Å². The lowest BCUT2D eigenvalue weighted by Gasteiger charge is -2.23. The van der Waals surface area contributed by atoms with E-state index in [-0.39, 0.29) is 10.8 Å². The average molecular weight is 415 g/mol. The number of hydrogen-bond acceptors (Lipinski definition) is 4. The van der Waals surface area contributed by atoms with Crippen molar-refractivity contribution >= 4 is 21.6 Å². The Kier molecular flexibility index (Phi) is 5.25. The number of ether oxygens (including phenoxy) is 1. The maximum Gasteiger partial charge on any atom is 0.264 e. The summed E-state index contributed by atoms with van der Waals surface area (Å²) in [6.07, 6.45) is 2.97. The zero-order chi connectivity index (χ0) is 20.6. The quantitative estimate of drug-likeness (QED) is 0.697. The van der Waals surface area contributed by atoms with Gasteiger partial charge >= 0.3 is 0 Å². The highest BCUT2D eigenvalue weighted by Crippen LogP contribution is 2.35. The van der Waals surface area contributed by atoms with Gasteiger partial charge in [0.2, 0.25) is 0 Å². The zero-order valence-corrected chi connectivity index (χ0v) is 17.6. The topological polar surface area (TPSA) is 66.9 Å². The van der Waals surface area contributed by atoms with E-state index in [0.29, 0.717) is 49.0 Å². The Balaban J connectivity index is 1.70. The Morgan fingerprint density at radius 1 is 1.21 bits per heavy atom. The van der Waals surface area contributed by atoms with E-state index in [1.54, 1.807) is 11.0 Å². The van der Waals surface area contributed by atoms with E-state index in [1.165, 1.54) is 23.5 Å². The highest BCUT2D eigenvalue weighted by atomic mass is 32.2. The molecule has 0 spiro atoms. The lowest BCUT2D eigenvalue weighted by Crippen LogP contribution is -2.33. The van der Waals surface area contributed by atoms with E-state index >= 15 is 0 Å². The largest absolute Gasteiger partial charge is 0.496 e. The Bertz CT molecular complexity index is 1030. The van der Waals surface area contributed by atoms with Crippen LogP contribution in [-0.4, -0.2) is 46.0 Å². The number of nitrogens with zero attached hydrogens (tertiary/aromatic N) is 2. The summed E-state index contributed by atoms with van der Waals surface area (Å²) in [5, 5.41) is 0. The normalized spacial score (nSPS) is 15.9. The summed E-state index contributed by atoms with van der Waals surface area (Å²) in [5.41, 5.74) is 2.02. The lowest BCUT2D eigenvalue weighted by molar-refractivity contribution is 0.0753. The van der Waals surface area contributed by atoms with Gasteiger partial charge in [-0.25, -0.2) is 8.42 Å². The minimum Gasteiger partial charge on any atom is -0.496 e. The third-order valence-electron chi connectivity index (χ3n) is 5.68. The molecule has 1 heterocycles. The summed E-state index contributed by atoms with van der Waals surface area (Å²) >= 11 is 0. The summed E-state index contributed by atoms with van der Waals surface area (Å²) in [7, 11) is -2.27. The van der Waals surface area contributed by atoms with Crippen LogP contribution in [0.3, 0.4) is 0 Å². The fourth-order valence-corrected chi connectivity index (χ4v) is 5.37. The smallest absolute Gasteiger partial charge is 0.264 e. The number of fused-ring (bicyclic) bond motifs is 1. The molecule has 29 heavy (non-hydrogen) atoms. The van der Waals surface area contributed by atoms with Gasteiger partial charge in [-0.2, -0.15) is 0 Å². The monoisotopic (exact) mass is 414 g/mol. The van der Waals surface area contributed by atoms with Crippen LogP contribution in [0.1, 0.15) is 35.7 Å². The van der Waals surface area contributed by atoms with Crippen molar-refractivity contribution in [3.63, 3.8) is 0 Å². The van der Waals surface area contributed by atoms with Crippen molar-refractivity contribution < 1.29 is 17.9 Å². The highest BCUT2D eigenvalue weighted by Gasteiger charge is 2.33. The molecule has 7 heteroatoms. The fourth-order valence-electron chi connectivity index (χ4n) is 3.84. The molecule has 154 valence electrons. The van der Waals surface area contributed by atoms with Gasteiger partial charge < -0.3 is 9.64 Å². The predicted molar refractivity (Wildman–Crippen MR) is 112 cm³/mol. The fraction of sp³-hybridized carbons (Fsp3) is 0.409. The first kappa shape index (κ1) is 19.8. The number of carbonyl (C=O) groups is 1. The first-order valence-corrected chi connectivity index (χ1v) is 11.5. The van der Waals surface area contributed by atoms with Gasteiger partial charge in [-0.3, -0.25) is 9.10 Å². The molecule has 2 aromatic carbocycles. The number of methoxy groups -OCH3 is 1. The second-order valence-electron chi connectivity index (χ2n) is 7.61. The average Bonchev–Trinajstić information content (AvgIpc) is 3.45. The Morgan fingerprint density at radius 3 is 2.66 bits per heavy atom. The minimum atomic E-state index is -3.77. The predicted octanol–water partition coefficient (Wildman–Crippen LogP) is 3.32. The van der Waals surface area contributed by atoms with Crippen LogP contribution in [0.25, 0.3) is 0 Å². The lowest BCUT2D eigenvalue weighted by atomic mass is 10.1. The molecule has 0 unspecified atom stereocenters. The first-order valence-electron chi connectivity index (χ1n) is 10.0. The molecule has 1 amide bonds. The van der Waals surface area contributed by atoms with E-state index in [9.17, 15) is 13.2 Å². The summed E-state index contributed by atoms with van der Waals surface area (Å²) in [4.78, 5) is 15.0. The van der Waals surface area contributed by atoms with E-state index in [0.717, 1.165) is 18.4 Å². The van der Waals surface area contributed by atoms with Gasteiger partial charge in [0.05, 0.1) is 23.3 Å². The van der Waals surface area contributed by atoms with Crippen molar-refractivity contribution in [2.24, 2.45) is 5.92 Å². The summed E-state index contributed by atoms with van der Waals surface area (Å²) in [5.74, 6) is 0.762. The molecule has 1 aliphatic heterocycles. The molecular formula is C22H26N2O4S. The van der Waals surface area contributed by atoms with Gasteiger partial charge in [-0.05, 0) is 61.9 Å². The molecule has 0 aromatic heterocycles. The third-order valence-corrected chi connectivity index (χ3v) is 7.49. The second kappa shape index (κ2) is 7.71. The minimum absolute atomic E-state index is 0.112. The second-order valence-corrected chi connectivity index (χ2v) is 9.47. The van der Waals surface area contributed by atoms with Crippen LogP contribution in [-0.2, 0) is 16.4 Å². The molecule has 1 saturated carbocycles. The van der Waals surface area contributed by atoms with Crippen LogP contribution in [0, 0.1) is 5.92 Å².